The van der Waals surface area contributed by atoms with E-state index in [0.717, 1.165) is 18.4 Å². The molecule has 0 radical (unpaired) electrons. The van der Waals surface area contributed by atoms with Crippen LogP contribution in [0.5, 0.6) is 0 Å². The molecule has 1 aromatic heterocycles. The van der Waals surface area contributed by atoms with Crippen LogP contribution in [0.25, 0.3) is 10.9 Å². The maximum atomic E-state index is 12.8. The number of halogens is 1. The number of benzene rings is 2. The maximum absolute atomic E-state index is 12.8. The van der Waals surface area contributed by atoms with E-state index in [1.165, 1.54) is 0 Å². The van der Waals surface area contributed by atoms with Crippen molar-refractivity contribution in [3.8, 4) is 0 Å². The minimum Gasteiger partial charge on any atom is -0.461 e. The Morgan fingerprint density at radius 3 is 2.67 bits per heavy atom. The predicted octanol–water partition coefficient (Wildman–Crippen LogP) is 4.06. The van der Waals surface area contributed by atoms with E-state index in [1.807, 2.05) is 36.4 Å². The molecular formula is C21H19ClN2O3. The summed E-state index contributed by atoms with van der Waals surface area (Å²) < 4.78 is 7.08. The quantitative estimate of drug-likeness (QED) is 0.603. The molecule has 4 rings (SSSR count). The third-order valence-electron chi connectivity index (χ3n) is 4.69. The van der Waals surface area contributed by atoms with Gasteiger partial charge in [-0.15, -0.1) is 0 Å². The van der Waals surface area contributed by atoms with Gasteiger partial charge in [0.2, 0.25) is 0 Å². The van der Waals surface area contributed by atoms with Gasteiger partial charge in [0.05, 0.1) is 17.3 Å². The second-order valence-electron chi connectivity index (χ2n) is 6.70. The summed E-state index contributed by atoms with van der Waals surface area (Å²) in [6, 6.07) is 14.8. The van der Waals surface area contributed by atoms with Crippen molar-refractivity contribution in [2.75, 3.05) is 0 Å². The topological polar surface area (TPSA) is 61.2 Å². The van der Waals surface area contributed by atoms with E-state index in [4.69, 9.17) is 16.3 Å². The molecule has 1 aliphatic rings. The number of esters is 1. The molecule has 0 bridgehead atoms. The van der Waals surface area contributed by atoms with E-state index in [2.05, 4.69) is 4.98 Å². The van der Waals surface area contributed by atoms with Crippen molar-refractivity contribution in [1.82, 2.24) is 9.55 Å². The summed E-state index contributed by atoms with van der Waals surface area (Å²) in [6.07, 6.45) is 2.49. The number of fused-ring (bicyclic) bond motifs is 1. The molecule has 0 N–H and O–H groups in total. The van der Waals surface area contributed by atoms with E-state index in [9.17, 15) is 9.59 Å². The first-order valence-electron chi connectivity index (χ1n) is 9.02. The van der Waals surface area contributed by atoms with E-state index < -0.39 is 0 Å². The average molecular weight is 383 g/mol. The predicted molar refractivity (Wildman–Crippen MR) is 104 cm³/mol. The standard InChI is InChI=1S/C21H19ClN2O3/c22-17-7-3-1-5-14(17)13-27-20(25)12-11-19-23-18-8-4-2-6-16(18)21(26)24(19)15-9-10-15/h1-8,15H,9-13H2. The van der Waals surface area contributed by atoms with Gasteiger partial charge in [0.15, 0.2) is 0 Å². The van der Waals surface area contributed by atoms with Crippen molar-refractivity contribution in [2.24, 2.45) is 0 Å². The van der Waals surface area contributed by atoms with Crippen molar-refractivity contribution in [2.45, 2.75) is 38.3 Å². The van der Waals surface area contributed by atoms with Crippen molar-refractivity contribution >= 4 is 28.5 Å². The summed E-state index contributed by atoms with van der Waals surface area (Å²) in [5, 5.41) is 1.19. The SMILES string of the molecule is O=C(CCc1nc2ccccc2c(=O)n1C1CC1)OCc1ccccc1Cl. The van der Waals surface area contributed by atoms with Gasteiger partial charge in [-0.25, -0.2) is 4.98 Å². The first-order chi connectivity index (χ1) is 13.1. The minimum atomic E-state index is -0.334. The lowest BCUT2D eigenvalue weighted by Crippen LogP contribution is -2.25. The van der Waals surface area contributed by atoms with Crippen molar-refractivity contribution in [1.29, 1.82) is 0 Å². The molecule has 27 heavy (non-hydrogen) atoms. The number of hydrogen-bond donors (Lipinski definition) is 0. The van der Waals surface area contributed by atoms with E-state index in [0.29, 0.717) is 28.2 Å². The number of rotatable bonds is 6. The molecule has 0 saturated heterocycles. The maximum Gasteiger partial charge on any atom is 0.306 e. The number of aryl methyl sites for hydroxylation is 1. The van der Waals surface area contributed by atoms with Crippen molar-refractivity contribution in [3.63, 3.8) is 0 Å². The number of para-hydroxylation sites is 1. The van der Waals surface area contributed by atoms with Gasteiger partial charge in [-0.2, -0.15) is 0 Å². The molecule has 0 atom stereocenters. The van der Waals surface area contributed by atoms with Crippen LogP contribution in [0.2, 0.25) is 5.02 Å². The molecule has 138 valence electrons. The molecule has 2 aromatic carbocycles. The Hall–Kier alpha value is -2.66. The molecule has 3 aromatic rings. The fourth-order valence-corrected chi connectivity index (χ4v) is 3.33. The van der Waals surface area contributed by atoms with Crippen molar-refractivity contribution in [3.05, 3.63) is 75.3 Å². The zero-order valence-corrected chi connectivity index (χ0v) is 15.5. The Morgan fingerprint density at radius 2 is 1.89 bits per heavy atom. The zero-order chi connectivity index (χ0) is 18.8. The summed E-state index contributed by atoms with van der Waals surface area (Å²) in [5.74, 6) is 0.315. The molecule has 6 heteroatoms. The summed E-state index contributed by atoms with van der Waals surface area (Å²) >= 11 is 6.08. The van der Waals surface area contributed by atoms with Crippen LogP contribution in [-0.2, 0) is 22.6 Å². The lowest BCUT2D eigenvalue weighted by atomic mass is 10.2. The van der Waals surface area contributed by atoms with Crippen LogP contribution in [0.1, 0.15) is 36.7 Å². The largest absolute Gasteiger partial charge is 0.461 e. The first-order valence-corrected chi connectivity index (χ1v) is 9.40. The smallest absolute Gasteiger partial charge is 0.306 e. The van der Waals surface area contributed by atoms with Crippen LogP contribution in [0.15, 0.2) is 53.3 Å². The minimum absolute atomic E-state index is 0.0254. The Bertz CT molecular complexity index is 1060. The lowest BCUT2D eigenvalue weighted by molar-refractivity contribution is -0.144. The van der Waals surface area contributed by atoms with Gasteiger partial charge in [-0.05, 0) is 31.0 Å². The second kappa shape index (κ2) is 7.53. The molecule has 0 amide bonds. The van der Waals surface area contributed by atoms with Gasteiger partial charge in [0.25, 0.3) is 5.56 Å². The molecule has 5 nitrogen and oxygen atoms in total. The normalized spacial score (nSPS) is 13.7. The van der Waals surface area contributed by atoms with Gasteiger partial charge in [-0.3, -0.25) is 14.2 Å². The van der Waals surface area contributed by atoms with Crippen LogP contribution in [-0.4, -0.2) is 15.5 Å². The lowest BCUT2D eigenvalue weighted by Gasteiger charge is -2.13. The number of carbonyl (C=O) groups is 1. The number of nitrogens with zero attached hydrogens (tertiary/aromatic N) is 2. The van der Waals surface area contributed by atoms with E-state index >= 15 is 0 Å². The summed E-state index contributed by atoms with van der Waals surface area (Å²) in [5.41, 5.74) is 1.41. The third-order valence-corrected chi connectivity index (χ3v) is 5.06. The van der Waals surface area contributed by atoms with Crippen LogP contribution >= 0.6 is 11.6 Å². The number of carbonyl (C=O) groups excluding carboxylic acids is 1. The Morgan fingerprint density at radius 1 is 1.15 bits per heavy atom. The van der Waals surface area contributed by atoms with Crippen LogP contribution in [0.4, 0.5) is 0 Å². The summed E-state index contributed by atoms with van der Waals surface area (Å²) in [4.78, 5) is 29.6. The number of hydrogen-bond acceptors (Lipinski definition) is 4. The molecule has 0 aliphatic heterocycles. The van der Waals surface area contributed by atoms with Gasteiger partial charge in [0, 0.05) is 23.0 Å². The van der Waals surface area contributed by atoms with Crippen molar-refractivity contribution < 1.29 is 9.53 Å². The average Bonchev–Trinajstić information content (AvgIpc) is 3.51. The fourth-order valence-electron chi connectivity index (χ4n) is 3.14. The Labute approximate surface area is 161 Å². The van der Waals surface area contributed by atoms with E-state index in [-0.39, 0.29) is 30.6 Å². The zero-order valence-electron chi connectivity index (χ0n) is 14.7. The Balaban J connectivity index is 1.48. The van der Waals surface area contributed by atoms with Crippen LogP contribution in [0.3, 0.4) is 0 Å². The monoisotopic (exact) mass is 382 g/mol. The Kier molecular flexibility index (Phi) is 4.94. The molecule has 1 fully saturated rings. The molecule has 0 unspecified atom stereocenters. The molecule has 0 spiro atoms. The highest BCUT2D eigenvalue weighted by molar-refractivity contribution is 6.31. The molecule has 1 heterocycles. The highest BCUT2D eigenvalue weighted by atomic mass is 35.5. The van der Waals surface area contributed by atoms with Gasteiger partial charge >= 0.3 is 5.97 Å². The molecule has 1 aliphatic carbocycles. The summed E-state index contributed by atoms with van der Waals surface area (Å²) in [7, 11) is 0. The number of aromatic nitrogens is 2. The number of ether oxygens (including phenoxy) is 1. The summed E-state index contributed by atoms with van der Waals surface area (Å²) in [6.45, 7) is 0.138. The fraction of sp³-hybridized carbons (Fsp3) is 0.286. The highest BCUT2D eigenvalue weighted by Crippen LogP contribution is 2.34. The first kappa shape index (κ1) is 17.7. The van der Waals surface area contributed by atoms with Gasteiger partial charge in [0.1, 0.15) is 12.4 Å². The second-order valence-corrected chi connectivity index (χ2v) is 7.11. The van der Waals surface area contributed by atoms with Crippen LogP contribution in [0, 0.1) is 0 Å². The van der Waals surface area contributed by atoms with Gasteiger partial charge in [-0.1, -0.05) is 41.9 Å². The molecular weight excluding hydrogens is 364 g/mol. The highest BCUT2D eigenvalue weighted by Gasteiger charge is 2.28. The molecule has 1 saturated carbocycles. The van der Waals surface area contributed by atoms with E-state index in [1.54, 1.807) is 16.7 Å². The van der Waals surface area contributed by atoms with Gasteiger partial charge < -0.3 is 4.74 Å². The third kappa shape index (κ3) is 3.88. The van der Waals surface area contributed by atoms with Crippen LogP contribution < -0.4 is 5.56 Å².